The van der Waals surface area contributed by atoms with Crippen molar-refractivity contribution in [3.8, 4) is 0 Å². The maximum Gasteiger partial charge on any atom is 0.417 e. The third kappa shape index (κ3) is 5.61. The SMILES string of the molecule is CC(NC(=O)CN1CCN(c2ncc(C(F)(F)F)cc2Cl)CC1)c1ccccc1. The summed E-state index contributed by atoms with van der Waals surface area (Å²) in [5.41, 5.74) is 0.169. The second-order valence-electron chi connectivity index (χ2n) is 6.99. The molecular weight excluding hydrogens is 405 g/mol. The molecule has 1 aromatic carbocycles. The van der Waals surface area contributed by atoms with Crippen molar-refractivity contribution in [2.75, 3.05) is 37.6 Å². The molecule has 1 atom stereocenters. The summed E-state index contributed by atoms with van der Waals surface area (Å²) in [6.07, 6.45) is -3.68. The topological polar surface area (TPSA) is 48.5 Å². The summed E-state index contributed by atoms with van der Waals surface area (Å²) in [6, 6.07) is 10.5. The Labute approximate surface area is 172 Å². The molecule has 156 valence electrons. The maximum absolute atomic E-state index is 12.8. The van der Waals surface area contributed by atoms with Crippen molar-refractivity contribution in [1.82, 2.24) is 15.2 Å². The molecular formula is C20H22ClF3N4O. The largest absolute Gasteiger partial charge is 0.417 e. The molecule has 0 radical (unpaired) electrons. The Morgan fingerprint density at radius 3 is 2.45 bits per heavy atom. The van der Waals surface area contributed by atoms with E-state index in [2.05, 4.69) is 10.3 Å². The number of amides is 1. The highest BCUT2D eigenvalue weighted by Crippen LogP contribution is 2.33. The molecule has 1 unspecified atom stereocenters. The van der Waals surface area contributed by atoms with Gasteiger partial charge in [0, 0.05) is 32.4 Å². The molecule has 1 amide bonds. The van der Waals surface area contributed by atoms with Gasteiger partial charge < -0.3 is 10.2 Å². The Morgan fingerprint density at radius 2 is 1.86 bits per heavy atom. The van der Waals surface area contributed by atoms with Crippen molar-refractivity contribution in [2.45, 2.75) is 19.1 Å². The van der Waals surface area contributed by atoms with E-state index >= 15 is 0 Å². The lowest BCUT2D eigenvalue weighted by atomic mass is 10.1. The van der Waals surface area contributed by atoms with Gasteiger partial charge in [0.25, 0.3) is 0 Å². The minimum Gasteiger partial charge on any atom is -0.353 e. The molecule has 2 heterocycles. The number of carbonyl (C=O) groups is 1. The van der Waals surface area contributed by atoms with Crippen molar-refractivity contribution in [1.29, 1.82) is 0 Å². The number of hydrogen-bond acceptors (Lipinski definition) is 4. The van der Waals surface area contributed by atoms with Gasteiger partial charge in [0.1, 0.15) is 5.82 Å². The summed E-state index contributed by atoms with van der Waals surface area (Å²) in [5, 5.41) is 2.96. The number of anilines is 1. The van der Waals surface area contributed by atoms with E-state index in [-0.39, 0.29) is 23.5 Å². The zero-order valence-corrected chi connectivity index (χ0v) is 16.7. The zero-order valence-electron chi connectivity index (χ0n) is 15.9. The maximum atomic E-state index is 12.8. The molecule has 1 N–H and O–H groups in total. The second-order valence-corrected chi connectivity index (χ2v) is 7.40. The highest BCUT2D eigenvalue weighted by Gasteiger charge is 2.32. The van der Waals surface area contributed by atoms with E-state index in [1.807, 2.05) is 47.1 Å². The van der Waals surface area contributed by atoms with Gasteiger partial charge in [-0.15, -0.1) is 0 Å². The van der Waals surface area contributed by atoms with Crippen LogP contribution in [0.3, 0.4) is 0 Å². The third-order valence-corrected chi connectivity index (χ3v) is 5.14. The molecule has 2 aromatic rings. The van der Waals surface area contributed by atoms with Gasteiger partial charge >= 0.3 is 6.18 Å². The van der Waals surface area contributed by atoms with Crippen LogP contribution in [-0.4, -0.2) is 48.5 Å². The van der Waals surface area contributed by atoms with Crippen LogP contribution < -0.4 is 10.2 Å². The van der Waals surface area contributed by atoms with Crippen molar-refractivity contribution >= 4 is 23.3 Å². The van der Waals surface area contributed by atoms with Gasteiger partial charge in [-0.3, -0.25) is 9.69 Å². The van der Waals surface area contributed by atoms with Crippen LogP contribution in [0.2, 0.25) is 5.02 Å². The predicted octanol–water partition coefficient (Wildman–Crippen LogP) is 3.75. The second kappa shape index (κ2) is 9.00. The number of nitrogens with one attached hydrogen (secondary N) is 1. The molecule has 9 heteroatoms. The van der Waals surface area contributed by atoms with Crippen molar-refractivity contribution in [2.24, 2.45) is 0 Å². The van der Waals surface area contributed by atoms with Crippen LogP contribution in [0.1, 0.15) is 24.1 Å². The highest BCUT2D eigenvalue weighted by atomic mass is 35.5. The van der Waals surface area contributed by atoms with Gasteiger partial charge in [-0.05, 0) is 18.6 Å². The molecule has 0 spiro atoms. The Hall–Kier alpha value is -2.32. The summed E-state index contributed by atoms with van der Waals surface area (Å²) < 4.78 is 38.3. The normalized spacial score (nSPS) is 16.5. The van der Waals surface area contributed by atoms with E-state index < -0.39 is 11.7 Å². The molecule has 0 aliphatic carbocycles. The molecule has 1 fully saturated rings. The summed E-state index contributed by atoms with van der Waals surface area (Å²) in [6.45, 7) is 4.43. The van der Waals surface area contributed by atoms with Gasteiger partial charge in [0.15, 0.2) is 0 Å². The first-order valence-corrected chi connectivity index (χ1v) is 9.66. The van der Waals surface area contributed by atoms with Crippen LogP contribution >= 0.6 is 11.6 Å². The fourth-order valence-electron chi connectivity index (χ4n) is 3.25. The molecule has 5 nitrogen and oxygen atoms in total. The number of nitrogens with zero attached hydrogens (tertiary/aromatic N) is 3. The lowest BCUT2D eigenvalue weighted by Gasteiger charge is -2.35. The Kier molecular flexibility index (Phi) is 6.64. The number of piperazine rings is 1. The monoisotopic (exact) mass is 426 g/mol. The first-order valence-electron chi connectivity index (χ1n) is 9.28. The molecule has 3 rings (SSSR count). The fourth-order valence-corrected chi connectivity index (χ4v) is 3.54. The summed E-state index contributed by atoms with van der Waals surface area (Å²) in [7, 11) is 0. The van der Waals surface area contributed by atoms with E-state index in [9.17, 15) is 18.0 Å². The first-order chi connectivity index (χ1) is 13.7. The van der Waals surface area contributed by atoms with E-state index in [4.69, 9.17) is 11.6 Å². The van der Waals surface area contributed by atoms with E-state index in [1.165, 1.54) is 0 Å². The minimum absolute atomic E-state index is 0.0253. The minimum atomic E-state index is -4.47. The van der Waals surface area contributed by atoms with Gasteiger partial charge in [0.2, 0.25) is 5.91 Å². The van der Waals surface area contributed by atoms with Gasteiger partial charge in [-0.2, -0.15) is 13.2 Å². The molecule has 1 saturated heterocycles. The average molecular weight is 427 g/mol. The number of carbonyl (C=O) groups excluding carboxylic acids is 1. The number of pyridine rings is 1. The third-order valence-electron chi connectivity index (χ3n) is 4.87. The number of aromatic nitrogens is 1. The Bertz CT molecular complexity index is 839. The molecule has 29 heavy (non-hydrogen) atoms. The fraction of sp³-hybridized carbons (Fsp3) is 0.400. The molecule has 1 aliphatic rings. The zero-order chi connectivity index (χ0) is 21.0. The number of hydrogen-bond donors (Lipinski definition) is 1. The van der Waals surface area contributed by atoms with Crippen LogP contribution in [0, 0.1) is 0 Å². The quantitative estimate of drug-likeness (QED) is 0.791. The van der Waals surface area contributed by atoms with Crippen LogP contribution in [0.15, 0.2) is 42.6 Å². The van der Waals surface area contributed by atoms with Crippen LogP contribution in [0.4, 0.5) is 19.0 Å². The Morgan fingerprint density at radius 1 is 1.21 bits per heavy atom. The number of benzene rings is 1. The average Bonchev–Trinajstić information content (AvgIpc) is 2.68. The van der Waals surface area contributed by atoms with Crippen molar-refractivity contribution < 1.29 is 18.0 Å². The van der Waals surface area contributed by atoms with E-state index in [1.54, 1.807) is 0 Å². The molecule has 1 aliphatic heterocycles. The lowest BCUT2D eigenvalue weighted by Crippen LogP contribution is -2.50. The predicted molar refractivity (Wildman–Crippen MR) is 106 cm³/mol. The van der Waals surface area contributed by atoms with Crippen LogP contribution in [-0.2, 0) is 11.0 Å². The van der Waals surface area contributed by atoms with Crippen molar-refractivity contribution in [3.05, 3.63) is 58.7 Å². The molecule has 0 saturated carbocycles. The summed E-state index contributed by atoms with van der Waals surface area (Å²) >= 11 is 6.02. The van der Waals surface area contributed by atoms with E-state index in [0.717, 1.165) is 17.8 Å². The number of rotatable bonds is 5. The van der Waals surface area contributed by atoms with Gasteiger partial charge in [-0.1, -0.05) is 41.9 Å². The lowest BCUT2D eigenvalue weighted by molar-refractivity contribution is -0.137. The first kappa shape index (κ1) is 21.4. The van der Waals surface area contributed by atoms with Gasteiger partial charge in [0.05, 0.1) is 23.2 Å². The van der Waals surface area contributed by atoms with E-state index in [0.29, 0.717) is 32.0 Å². The standard InChI is InChI=1S/C20H22ClF3N4O/c1-14(15-5-3-2-4-6-15)26-18(29)13-27-7-9-28(10-8-27)19-17(21)11-16(12-25-19)20(22,23)24/h2-6,11-12,14H,7-10,13H2,1H3,(H,26,29). The van der Waals surface area contributed by atoms with Crippen molar-refractivity contribution in [3.63, 3.8) is 0 Å². The molecule has 0 bridgehead atoms. The number of alkyl halides is 3. The summed E-state index contributed by atoms with van der Waals surface area (Å²) in [5.74, 6) is 0.266. The Balaban J connectivity index is 1.51. The smallest absolute Gasteiger partial charge is 0.353 e. The summed E-state index contributed by atoms with van der Waals surface area (Å²) in [4.78, 5) is 20.1. The van der Waals surface area contributed by atoms with Crippen LogP contribution in [0.25, 0.3) is 0 Å². The van der Waals surface area contributed by atoms with Gasteiger partial charge in [-0.25, -0.2) is 4.98 Å². The molecule has 1 aromatic heterocycles. The highest BCUT2D eigenvalue weighted by molar-refractivity contribution is 6.33. The van der Waals surface area contributed by atoms with Crippen LogP contribution in [0.5, 0.6) is 0 Å². The number of halogens is 4.